The van der Waals surface area contributed by atoms with Crippen molar-refractivity contribution < 1.29 is 9.90 Å². The maximum atomic E-state index is 11.7. The van der Waals surface area contributed by atoms with Gasteiger partial charge in [-0.15, -0.1) is 0 Å². The van der Waals surface area contributed by atoms with E-state index in [1.165, 1.54) is 0 Å². The lowest BCUT2D eigenvalue weighted by Gasteiger charge is -2.20. The minimum absolute atomic E-state index is 0.177. The van der Waals surface area contributed by atoms with Crippen molar-refractivity contribution in [3.63, 3.8) is 0 Å². The maximum Gasteiger partial charge on any atom is 0.222 e. The van der Waals surface area contributed by atoms with Crippen LogP contribution in [-0.2, 0) is 4.79 Å². The normalized spacial score (nSPS) is 25.9. The van der Waals surface area contributed by atoms with Gasteiger partial charge in [0.25, 0.3) is 0 Å². The first kappa shape index (κ1) is 12.5. The lowest BCUT2D eigenvalue weighted by molar-refractivity contribution is -0.132. The van der Waals surface area contributed by atoms with Gasteiger partial charge in [-0.2, -0.15) is 0 Å². The molecule has 1 rings (SSSR count). The van der Waals surface area contributed by atoms with Gasteiger partial charge < -0.3 is 15.7 Å². The number of nitrogens with zero attached hydrogens (tertiary/aromatic N) is 1. The predicted octanol–water partition coefficient (Wildman–Crippen LogP) is 0.487. The minimum Gasteiger partial charge on any atom is -0.391 e. The summed E-state index contributed by atoms with van der Waals surface area (Å²) in [5, 5.41) is 9.42. The number of rotatable bonds is 5. The highest BCUT2D eigenvalue weighted by Gasteiger charge is 2.30. The van der Waals surface area contributed by atoms with Gasteiger partial charge in [0.2, 0.25) is 5.91 Å². The van der Waals surface area contributed by atoms with Crippen molar-refractivity contribution in [1.82, 2.24) is 4.90 Å². The molecule has 0 aliphatic carbocycles. The second-order valence-electron chi connectivity index (χ2n) is 4.38. The lowest BCUT2D eigenvalue weighted by atomic mass is 10.1. The fraction of sp³-hybridized carbons (Fsp3) is 0.909. The third-order valence-corrected chi connectivity index (χ3v) is 2.97. The molecular formula is C11H22N2O2. The van der Waals surface area contributed by atoms with Crippen LogP contribution < -0.4 is 5.73 Å². The molecule has 1 aliphatic heterocycles. The molecule has 1 saturated heterocycles. The number of amides is 1. The van der Waals surface area contributed by atoms with Crippen molar-refractivity contribution in [3.05, 3.63) is 0 Å². The zero-order valence-corrected chi connectivity index (χ0v) is 9.48. The van der Waals surface area contributed by atoms with E-state index in [4.69, 9.17) is 5.73 Å². The second-order valence-corrected chi connectivity index (χ2v) is 4.38. The van der Waals surface area contributed by atoms with Crippen LogP contribution >= 0.6 is 0 Å². The Morgan fingerprint density at radius 3 is 2.73 bits per heavy atom. The summed E-state index contributed by atoms with van der Waals surface area (Å²) in [6.07, 6.45) is 3.91. The largest absolute Gasteiger partial charge is 0.391 e. The van der Waals surface area contributed by atoms with Gasteiger partial charge in [0.1, 0.15) is 0 Å². The Morgan fingerprint density at radius 1 is 1.47 bits per heavy atom. The molecule has 0 spiro atoms. The van der Waals surface area contributed by atoms with E-state index in [0.29, 0.717) is 25.9 Å². The van der Waals surface area contributed by atoms with Crippen LogP contribution in [0.5, 0.6) is 0 Å². The first-order valence-electron chi connectivity index (χ1n) is 5.82. The molecule has 4 nitrogen and oxygen atoms in total. The molecule has 3 N–H and O–H groups in total. The van der Waals surface area contributed by atoms with E-state index in [2.05, 4.69) is 0 Å². The van der Waals surface area contributed by atoms with Crippen molar-refractivity contribution in [3.8, 4) is 0 Å². The molecule has 1 amide bonds. The Bertz CT molecular complexity index is 209. The summed E-state index contributed by atoms with van der Waals surface area (Å²) in [4.78, 5) is 13.5. The van der Waals surface area contributed by atoms with Crippen LogP contribution in [0.25, 0.3) is 0 Å². The summed E-state index contributed by atoms with van der Waals surface area (Å²) in [6.45, 7) is 3.21. The zero-order chi connectivity index (χ0) is 11.3. The van der Waals surface area contributed by atoms with Crippen molar-refractivity contribution in [2.45, 2.75) is 51.2 Å². The third-order valence-electron chi connectivity index (χ3n) is 2.97. The zero-order valence-electron chi connectivity index (χ0n) is 9.48. The molecule has 1 unspecified atom stereocenters. The summed E-state index contributed by atoms with van der Waals surface area (Å²) in [5.41, 5.74) is 5.38. The molecular weight excluding hydrogens is 192 g/mol. The highest BCUT2D eigenvalue weighted by Crippen LogP contribution is 2.18. The van der Waals surface area contributed by atoms with Crippen molar-refractivity contribution in [1.29, 1.82) is 0 Å². The van der Waals surface area contributed by atoms with E-state index in [1.807, 2.05) is 6.92 Å². The van der Waals surface area contributed by atoms with Crippen LogP contribution in [0.15, 0.2) is 0 Å². The molecule has 88 valence electrons. The van der Waals surface area contributed by atoms with E-state index in [9.17, 15) is 9.90 Å². The van der Waals surface area contributed by atoms with Crippen LogP contribution in [-0.4, -0.2) is 41.1 Å². The number of hydrogen-bond acceptors (Lipinski definition) is 3. The number of aliphatic hydroxyl groups excluding tert-OH is 1. The van der Waals surface area contributed by atoms with Crippen LogP contribution in [0, 0.1) is 0 Å². The smallest absolute Gasteiger partial charge is 0.222 e. The Labute approximate surface area is 91.4 Å². The third kappa shape index (κ3) is 3.80. The summed E-state index contributed by atoms with van der Waals surface area (Å²) in [5.74, 6) is 0.177. The molecule has 0 radical (unpaired) electrons. The second kappa shape index (κ2) is 6.08. The molecule has 1 fully saturated rings. The Balaban J connectivity index is 2.22. The van der Waals surface area contributed by atoms with Crippen LogP contribution in [0.1, 0.15) is 39.0 Å². The average Bonchev–Trinajstić information content (AvgIpc) is 2.52. The minimum atomic E-state index is -0.326. The molecule has 2 atom stereocenters. The fourth-order valence-corrected chi connectivity index (χ4v) is 2.09. The quantitative estimate of drug-likeness (QED) is 0.654. The number of carbonyl (C=O) groups excluding carboxylic acids is 1. The first-order valence-corrected chi connectivity index (χ1v) is 5.82. The molecule has 0 aromatic heterocycles. The van der Waals surface area contributed by atoms with Gasteiger partial charge in [-0.1, -0.05) is 6.42 Å². The van der Waals surface area contributed by atoms with Gasteiger partial charge in [0, 0.05) is 19.0 Å². The molecule has 0 aromatic rings. The van der Waals surface area contributed by atoms with E-state index < -0.39 is 0 Å². The molecule has 4 heteroatoms. The topological polar surface area (TPSA) is 66.6 Å². The van der Waals surface area contributed by atoms with E-state index >= 15 is 0 Å². The predicted molar refractivity (Wildman–Crippen MR) is 59.3 cm³/mol. The fourth-order valence-electron chi connectivity index (χ4n) is 2.09. The Hall–Kier alpha value is -0.610. The number of aliphatic hydroxyl groups is 1. The van der Waals surface area contributed by atoms with Gasteiger partial charge in [0.15, 0.2) is 0 Å². The van der Waals surface area contributed by atoms with Gasteiger partial charge in [-0.25, -0.2) is 0 Å². The first-order chi connectivity index (χ1) is 7.15. The van der Waals surface area contributed by atoms with E-state index in [1.54, 1.807) is 4.90 Å². The Morgan fingerprint density at radius 2 is 2.20 bits per heavy atom. The molecule has 15 heavy (non-hydrogen) atoms. The molecule has 1 aliphatic rings. The lowest BCUT2D eigenvalue weighted by Crippen LogP contribution is -2.34. The molecule has 1 heterocycles. The number of unbranched alkanes of at least 4 members (excludes halogenated alkanes) is 2. The van der Waals surface area contributed by atoms with Crippen molar-refractivity contribution in [2.75, 3.05) is 13.1 Å². The maximum absolute atomic E-state index is 11.7. The number of carbonyl (C=O) groups is 1. The molecule has 0 bridgehead atoms. The van der Waals surface area contributed by atoms with Crippen LogP contribution in [0.3, 0.4) is 0 Å². The van der Waals surface area contributed by atoms with Crippen molar-refractivity contribution in [2.24, 2.45) is 5.73 Å². The SMILES string of the molecule is C[C@@H]1CC(O)CN1C(=O)CCCCCN. The molecule has 0 saturated carbocycles. The Kier molecular flexibility index (Phi) is 5.05. The van der Waals surface area contributed by atoms with Gasteiger partial charge >= 0.3 is 0 Å². The van der Waals surface area contributed by atoms with Gasteiger partial charge in [-0.05, 0) is 32.7 Å². The highest BCUT2D eigenvalue weighted by atomic mass is 16.3. The van der Waals surface area contributed by atoms with Gasteiger partial charge in [0.05, 0.1) is 6.10 Å². The summed E-state index contributed by atoms with van der Waals surface area (Å²) >= 11 is 0. The molecule has 0 aromatic carbocycles. The van der Waals surface area contributed by atoms with Crippen LogP contribution in [0.2, 0.25) is 0 Å². The average molecular weight is 214 g/mol. The monoisotopic (exact) mass is 214 g/mol. The van der Waals surface area contributed by atoms with E-state index in [0.717, 1.165) is 19.3 Å². The summed E-state index contributed by atoms with van der Waals surface area (Å²) in [6, 6.07) is 0.196. The summed E-state index contributed by atoms with van der Waals surface area (Å²) < 4.78 is 0. The number of β-amino-alcohol motifs (C(OH)–C–C–N with tert-alkyl or cyclic N) is 1. The van der Waals surface area contributed by atoms with Crippen molar-refractivity contribution >= 4 is 5.91 Å². The number of nitrogens with two attached hydrogens (primary N) is 1. The van der Waals surface area contributed by atoms with E-state index in [-0.39, 0.29) is 18.1 Å². The standard InChI is InChI=1S/C11H22N2O2/c1-9-7-10(14)8-13(9)11(15)5-3-2-4-6-12/h9-10,14H,2-8,12H2,1H3/t9-,10?/m1/s1. The number of hydrogen-bond donors (Lipinski definition) is 2. The summed E-state index contributed by atoms with van der Waals surface area (Å²) in [7, 11) is 0. The number of likely N-dealkylation sites (tertiary alicyclic amines) is 1. The van der Waals surface area contributed by atoms with Crippen LogP contribution in [0.4, 0.5) is 0 Å². The highest BCUT2D eigenvalue weighted by molar-refractivity contribution is 5.76. The van der Waals surface area contributed by atoms with Gasteiger partial charge in [-0.3, -0.25) is 4.79 Å².